The Morgan fingerprint density at radius 1 is 0.922 bits per heavy atom. The number of carbonyl (C=O) groups excluding carboxylic acids is 4. The molecule has 1 fully saturated rings. The Morgan fingerprint density at radius 2 is 1.77 bits per heavy atom. The second-order valence-electron chi connectivity index (χ2n) is 17.1. The van der Waals surface area contributed by atoms with E-state index in [1.54, 1.807) is 34.2 Å². The van der Waals surface area contributed by atoms with Crippen molar-refractivity contribution in [3.05, 3.63) is 113 Å². The maximum Gasteiger partial charge on any atom is 0.261 e. The summed E-state index contributed by atoms with van der Waals surface area (Å²) < 4.78 is 17.8. The minimum absolute atomic E-state index is 0.0117. The number of anilines is 3. The van der Waals surface area contributed by atoms with Crippen LogP contribution in [0.25, 0.3) is 10.8 Å². The smallest absolute Gasteiger partial charge is 0.261 e. The van der Waals surface area contributed by atoms with Gasteiger partial charge in [-0.05, 0) is 104 Å². The first kappa shape index (κ1) is 42.6. The highest BCUT2D eigenvalue weighted by molar-refractivity contribution is 6.15. The van der Waals surface area contributed by atoms with Crippen molar-refractivity contribution in [1.82, 2.24) is 5.32 Å². The van der Waals surface area contributed by atoms with Gasteiger partial charge in [-0.3, -0.25) is 29.1 Å². The molecule has 9 rings (SSSR count). The average Bonchev–Trinajstić information content (AvgIpc) is 3.97. The van der Waals surface area contributed by atoms with E-state index in [9.17, 15) is 24.3 Å². The highest BCUT2D eigenvalue weighted by Crippen LogP contribution is 2.43. The molecule has 2 unspecified atom stereocenters. The van der Waals surface area contributed by atoms with E-state index >= 15 is 0 Å². The molecule has 1 aliphatic carbocycles. The Hall–Kier alpha value is -6.73. The van der Waals surface area contributed by atoms with Gasteiger partial charge in [-0.2, -0.15) is 0 Å². The Balaban J connectivity index is 0.789. The summed E-state index contributed by atoms with van der Waals surface area (Å²) in [5, 5.41) is 18.4. The Labute approximate surface area is 372 Å². The largest absolute Gasteiger partial charge is 0.507 e. The van der Waals surface area contributed by atoms with Crippen LogP contribution < -0.4 is 29.9 Å². The van der Waals surface area contributed by atoms with Crippen LogP contribution in [0.5, 0.6) is 17.2 Å². The Morgan fingerprint density at radius 3 is 2.58 bits per heavy atom. The summed E-state index contributed by atoms with van der Waals surface area (Å²) in [4.78, 5) is 62.0. The molecule has 4 amide bonds. The number of unbranched alkanes of at least 4 members (excludes halogenated alkanes) is 1. The van der Waals surface area contributed by atoms with Crippen molar-refractivity contribution in [3.8, 4) is 17.2 Å². The quantitative estimate of drug-likeness (QED) is 0.0625. The van der Waals surface area contributed by atoms with E-state index < -0.39 is 6.10 Å². The van der Waals surface area contributed by atoms with Crippen molar-refractivity contribution in [2.75, 3.05) is 42.1 Å². The molecule has 1 saturated carbocycles. The van der Waals surface area contributed by atoms with Gasteiger partial charge in [0.1, 0.15) is 18.6 Å². The molecule has 3 N–H and O–H groups in total. The standard InChI is InChI=1S/C51H53N5O8/c1-31-10-8-14-38-43(57)28-42-37(48(31)38)21-22-55(42)47(59)16-6-7-23-63-45-27-40-39(26-44(45)62-2)51(61)56-36(29-52-40)24-34-19-20-35(25-41(34)56)54-50(60)49(33-17-18-33)64-30-53-46(58)15-9-13-32-11-4-3-5-12-32/h3-5,8,10-12,14,19-20,25-29,33,36,49,57H,6-7,9,13,15-18,21-24,30H2,1-2H3,(H,53,58)(H,54,60). The van der Waals surface area contributed by atoms with Gasteiger partial charge < -0.3 is 34.9 Å². The van der Waals surface area contributed by atoms with Gasteiger partial charge in [0.15, 0.2) is 11.5 Å². The van der Waals surface area contributed by atoms with Crippen molar-refractivity contribution < 1.29 is 38.5 Å². The predicted octanol–water partition coefficient (Wildman–Crippen LogP) is 8.12. The number of benzene rings is 5. The van der Waals surface area contributed by atoms with Gasteiger partial charge in [0.25, 0.3) is 11.8 Å². The predicted molar refractivity (Wildman–Crippen MR) is 246 cm³/mol. The third-order valence-electron chi connectivity index (χ3n) is 12.7. The van der Waals surface area contributed by atoms with Gasteiger partial charge in [0.2, 0.25) is 11.8 Å². The van der Waals surface area contributed by atoms with Gasteiger partial charge in [-0.1, -0.05) is 54.6 Å². The molecule has 64 heavy (non-hydrogen) atoms. The number of nitrogens with one attached hydrogen (secondary N) is 2. The van der Waals surface area contributed by atoms with Gasteiger partial charge in [0.05, 0.1) is 42.4 Å². The molecule has 330 valence electrons. The minimum atomic E-state index is -0.717. The summed E-state index contributed by atoms with van der Waals surface area (Å²) >= 11 is 0. The first-order chi connectivity index (χ1) is 31.2. The van der Waals surface area contributed by atoms with E-state index in [1.807, 2.05) is 73.7 Å². The lowest BCUT2D eigenvalue weighted by Crippen LogP contribution is -2.38. The number of hydrogen-bond acceptors (Lipinski definition) is 9. The molecular formula is C51H53N5O8. The van der Waals surface area contributed by atoms with Crippen LogP contribution in [0, 0.1) is 12.8 Å². The van der Waals surface area contributed by atoms with Crippen LogP contribution in [0.3, 0.4) is 0 Å². The number of fused-ring (bicyclic) bond motifs is 7. The number of methoxy groups -OCH3 is 1. The maximum absolute atomic E-state index is 14.3. The fourth-order valence-corrected chi connectivity index (χ4v) is 9.24. The number of phenols is 1. The molecule has 13 nitrogen and oxygen atoms in total. The number of rotatable bonds is 17. The molecule has 3 aliphatic heterocycles. The number of carbonyl (C=O) groups is 4. The van der Waals surface area contributed by atoms with Crippen molar-refractivity contribution in [1.29, 1.82) is 0 Å². The lowest BCUT2D eigenvalue weighted by Gasteiger charge is -2.23. The molecule has 0 bridgehead atoms. The molecule has 0 radical (unpaired) electrons. The Kier molecular flexibility index (Phi) is 12.3. The first-order valence-corrected chi connectivity index (χ1v) is 22.3. The number of amides is 4. The van der Waals surface area contributed by atoms with Crippen molar-refractivity contribution in [2.24, 2.45) is 10.9 Å². The molecule has 4 aliphatic rings. The van der Waals surface area contributed by atoms with Gasteiger partial charge in [-0.25, -0.2) is 0 Å². The van der Waals surface area contributed by atoms with E-state index in [0.717, 1.165) is 65.3 Å². The number of aromatic hydroxyl groups is 1. The number of hydrogen-bond donors (Lipinski definition) is 3. The molecular weight excluding hydrogens is 811 g/mol. The molecule has 5 aromatic carbocycles. The highest BCUT2D eigenvalue weighted by Gasteiger charge is 2.39. The lowest BCUT2D eigenvalue weighted by atomic mass is 9.97. The van der Waals surface area contributed by atoms with Crippen LogP contribution in [0.4, 0.5) is 22.7 Å². The molecule has 0 spiro atoms. The molecule has 0 saturated heterocycles. The maximum atomic E-state index is 14.3. The molecule has 5 aromatic rings. The minimum Gasteiger partial charge on any atom is -0.507 e. The zero-order valence-electron chi connectivity index (χ0n) is 36.2. The topological polar surface area (TPSA) is 159 Å². The van der Waals surface area contributed by atoms with Crippen LogP contribution in [-0.4, -0.2) is 74.1 Å². The lowest BCUT2D eigenvalue weighted by molar-refractivity contribution is -0.133. The second-order valence-corrected chi connectivity index (χ2v) is 17.1. The van der Waals surface area contributed by atoms with Crippen LogP contribution in [0.2, 0.25) is 0 Å². The Bertz CT molecular complexity index is 2640. The monoisotopic (exact) mass is 863 g/mol. The average molecular weight is 864 g/mol. The molecule has 3 heterocycles. The SMILES string of the molecule is COc1cc2c(cc1OCCCCC(=O)N1CCc3c1cc(O)c1cccc(C)c31)N=CC1Cc3ccc(NC(=O)C(OCNC(=O)CCCc4ccccc4)C4CC4)cc3N1C2=O. The molecule has 0 aromatic heterocycles. The zero-order chi connectivity index (χ0) is 44.3. The normalized spacial score (nSPS) is 16.4. The molecule has 2 atom stereocenters. The van der Waals surface area contributed by atoms with Crippen molar-refractivity contribution >= 4 is 63.4 Å². The fraction of sp³-hybridized carbons (Fsp3) is 0.353. The van der Waals surface area contributed by atoms with Crippen LogP contribution >= 0.6 is 0 Å². The fourth-order valence-electron chi connectivity index (χ4n) is 9.24. The van der Waals surface area contributed by atoms with Gasteiger partial charge in [-0.15, -0.1) is 0 Å². The van der Waals surface area contributed by atoms with Crippen molar-refractivity contribution in [2.45, 2.75) is 83.3 Å². The number of phenolic OH excluding ortho intramolecular Hbond substituents is 1. The second kappa shape index (κ2) is 18.5. The van der Waals surface area contributed by atoms with Crippen LogP contribution in [0.1, 0.15) is 77.6 Å². The van der Waals surface area contributed by atoms with Crippen LogP contribution in [0.15, 0.2) is 89.9 Å². The summed E-state index contributed by atoms with van der Waals surface area (Å²) in [6, 6.07) is 26.2. The summed E-state index contributed by atoms with van der Waals surface area (Å²) in [6.07, 6.45) is 7.56. The summed E-state index contributed by atoms with van der Waals surface area (Å²) in [5.74, 6) is 0.444. The number of ether oxygens (including phenoxy) is 3. The van der Waals surface area contributed by atoms with E-state index in [0.29, 0.717) is 79.4 Å². The van der Waals surface area contributed by atoms with Gasteiger partial charge >= 0.3 is 0 Å². The summed E-state index contributed by atoms with van der Waals surface area (Å²) in [5.41, 5.74) is 7.16. The number of aliphatic imine (C=N–C) groups is 1. The number of nitrogens with zero attached hydrogens (tertiary/aromatic N) is 3. The van der Waals surface area contributed by atoms with E-state index in [-0.39, 0.29) is 48.1 Å². The third-order valence-corrected chi connectivity index (χ3v) is 12.7. The summed E-state index contributed by atoms with van der Waals surface area (Å²) in [6.45, 7) is 2.89. The number of aryl methyl sites for hydroxylation is 2. The zero-order valence-corrected chi connectivity index (χ0v) is 36.2. The summed E-state index contributed by atoms with van der Waals surface area (Å²) in [7, 11) is 1.52. The first-order valence-electron chi connectivity index (χ1n) is 22.3. The molecule has 13 heteroatoms. The van der Waals surface area contributed by atoms with E-state index in [2.05, 4.69) is 10.6 Å². The van der Waals surface area contributed by atoms with Gasteiger partial charge in [0, 0.05) is 55.2 Å². The van der Waals surface area contributed by atoms with E-state index in [4.69, 9.17) is 19.2 Å². The third kappa shape index (κ3) is 8.90. The highest BCUT2D eigenvalue weighted by atomic mass is 16.5. The van der Waals surface area contributed by atoms with Crippen molar-refractivity contribution in [3.63, 3.8) is 0 Å². The van der Waals surface area contributed by atoms with Crippen LogP contribution in [-0.2, 0) is 38.4 Å². The van der Waals surface area contributed by atoms with E-state index in [1.165, 1.54) is 12.7 Å².